The molecule has 1 aliphatic rings. The molecule has 5 rings (SSSR count). The van der Waals surface area contributed by atoms with Gasteiger partial charge in [-0.25, -0.2) is 19.6 Å². The van der Waals surface area contributed by atoms with E-state index in [0.29, 0.717) is 41.9 Å². The molecule has 8 nitrogen and oxygen atoms in total. The van der Waals surface area contributed by atoms with Gasteiger partial charge in [-0.3, -0.25) is 0 Å². The van der Waals surface area contributed by atoms with Crippen molar-refractivity contribution in [1.29, 1.82) is 0 Å². The molecule has 0 saturated carbocycles. The quantitative estimate of drug-likeness (QED) is 0.507. The monoisotopic (exact) mass is 455 g/mol. The molecule has 170 valence electrons. The Kier molecular flexibility index (Phi) is 5.12. The van der Waals surface area contributed by atoms with Crippen molar-refractivity contribution in [2.24, 2.45) is 0 Å². The fourth-order valence-corrected chi connectivity index (χ4v) is 3.84. The normalized spacial score (nSPS) is 16.0. The number of aryl methyl sites for hydroxylation is 1. The Labute approximate surface area is 187 Å². The predicted octanol–water partition coefficient (Wildman–Crippen LogP) is 3.55. The Bertz CT molecular complexity index is 1290. The molecule has 3 aromatic heterocycles. The van der Waals surface area contributed by atoms with Crippen molar-refractivity contribution >= 4 is 0 Å². The number of pyridine rings is 1. The van der Waals surface area contributed by atoms with Gasteiger partial charge in [0.15, 0.2) is 5.82 Å². The van der Waals surface area contributed by atoms with Crippen LogP contribution in [0.15, 0.2) is 48.9 Å². The van der Waals surface area contributed by atoms with E-state index >= 15 is 0 Å². The van der Waals surface area contributed by atoms with E-state index in [1.807, 2.05) is 23.8 Å². The summed E-state index contributed by atoms with van der Waals surface area (Å²) in [6.07, 6.45) is -0.826. The molecule has 1 N–H and O–H groups in total. The van der Waals surface area contributed by atoms with Gasteiger partial charge in [-0.1, -0.05) is 12.1 Å². The Morgan fingerprint density at radius 3 is 2.55 bits per heavy atom. The Hall–Kier alpha value is -3.73. The molecule has 4 heterocycles. The molecule has 11 heteroatoms. The van der Waals surface area contributed by atoms with Gasteiger partial charge in [0.05, 0.1) is 37.3 Å². The van der Waals surface area contributed by atoms with Crippen molar-refractivity contribution < 1.29 is 17.9 Å². The number of methoxy groups -OCH3 is 1. The molecule has 33 heavy (non-hydrogen) atoms. The van der Waals surface area contributed by atoms with Gasteiger partial charge in [0.2, 0.25) is 5.88 Å². The number of hydrogen-bond acceptors (Lipinski definition) is 6. The van der Waals surface area contributed by atoms with Crippen molar-refractivity contribution in [2.45, 2.75) is 25.7 Å². The molecule has 0 aliphatic carbocycles. The number of nitrogens with zero attached hydrogens (tertiary/aromatic N) is 6. The Balaban J connectivity index is 1.48. The van der Waals surface area contributed by atoms with Crippen molar-refractivity contribution in [2.75, 3.05) is 13.7 Å². The number of hydrogen-bond donors (Lipinski definition) is 1. The molecule has 0 spiro atoms. The first-order valence-corrected chi connectivity index (χ1v) is 10.2. The summed E-state index contributed by atoms with van der Waals surface area (Å²) in [5, 5.41) is 7.89. The number of aromatic nitrogens is 6. The first kappa shape index (κ1) is 21.1. The van der Waals surface area contributed by atoms with Crippen molar-refractivity contribution in [3.63, 3.8) is 0 Å². The van der Waals surface area contributed by atoms with Gasteiger partial charge >= 0.3 is 6.18 Å². The lowest BCUT2D eigenvalue weighted by Gasteiger charge is -2.24. The van der Waals surface area contributed by atoms with Gasteiger partial charge < -0.3 is 14.6 Å². The molecule has 0 radical (unpaired) electrons. The molecule has 4 aromatic rings. The van der Waals surface area contributed by atoms with Gasteiger partial charge in [0.1, 0.15) is 17.2 Å². The lowest BCUT2D eigenvalue weighted by Crippen LogP contribution is -2.34. The second-order valence-corrected chi connectivity index (χ2v) is 7.67. The summed E-state index contributed by atoms with van der Waals surface area (Å²) in [5.74, 6) is 1.43. The van der Waals surface area contributed by atoms with Crippen LogP contribution in [0.4, 0.5) is 13.2 Å². The smallest absolute Gasteiger partial charge is 0.416 e. The summed E-state index contributed by atoms with van der Waals surface area (Å²) in [4.78, 5) is 13.5. The maximum Gasteiger partial charge on any atom is 0.416 e. The van der Waals surface area contributed by atoms with Gasteiger partial charge in [-0.15, -0.1) is 5.10 Å². The van der Waals surface area contributed by atoms with E-state index in [-0.39, 0.29) is 6.04 Å². The number of fused-ring (bicyclic) bond motifs is 1. The minimum atomic E-state index is -4.38. The van der Waals surface area contributed by atoms with Crippen LogP contribution in [0.2, 0.25) is 0 Å². The topological polar surface area (TPSA) is 82.7 Å². The summed E-state index contributed by atoms with van der Waals surface area (Å²) in [5.41, 5.74) is 2.12. The molecule has 0 bridgehead atoms. The largest absolute Gasteiger partial charge is 0.479 e. The van der Waals surface area contributed by atoms with Crippen LogP contribution in [0, 0.1) is 6.92 Å². The maximum absolute atomic E-state index is 12.9. The number of rotatable bonds is 4. The summed E-state index contributed by atoms with van der Waals surface area (Å²) in [6.45, 7) is 3.09. The maximum atomic E-state index is 12.9. The first-order chi connectivity index (χ1) is 15.8. The number of halogens is 3. The average Bonchev–Trinajstić information content (AvgIpc) is 3.44. The number of imidazole rings is 1. The molecule has 1 atom stereocenters. The molecular formula is C22H20F3N7O. The molecule has 0 amide bonds. The third kappa shape index (κ3) is 3.95. The van der Waals surface area contributed by atoms with Crippen LogP contribution in [0.1, 0.15) is 28.7 Å². The van der Waals surface area contributed by atoms with E-state index in [2.05, 4.69) is 25.4 Å². The van der Waals surface area contributed by atoms with Crippen LogP contribution >= 0.6 is 0 Å². The van der Waals surface area contributed by atoms with E-state index in [1.54, 1.807) is 17.1 Å². The zero-order valence-corrected chi connectivity index (χ0v) is 17.8. The zero-order valence-electron chi connectivity index (χ0n) is 17.8. The highest BCUT2D eigenvalue weighted by molar-refractivity contribution is 5.55. The second kappa shape index (κ2) is 8.00. The third-order valence-corrected chi connectivity index (χ3v) is 5.45. The number of alkyl halides is 3. The second-order valence-electron chi connectivity index (χ2n) is 7.67. The highest BCUT2D eigenvalue weighted by atomic mass is 19.4. The van der Waals surface area contributed by atoms with Gasteiger partial charge in [0, 0.05) is 12.7 Å². The van der Waals surface area contributed by atoms with Crippen LogP contribution in [0.25, 0.3) is 17.2 Å². The molecular weight excluding hydrogens is 435 g/mol. The van der Waals surface area contributed by atoms with Crippen LogP contribution in [-0.2, 0) is 12.7 Å². The van der Waals surface area contributed by atoms with Crippen LogP contribution in [-0.4, -0.2) is 43.0 Å². The Morgan fingerprint density at radius 1 is 1.09 bits per heavy atom. The minimum Gasteiger partial charge on any atom is -0.479 e. The number of nitrogens with one attached hydrogen (secondary N) is 1. The van der Waals surface area contributed by atoms with Crippen LogP contribution in [0.5, 0.6) is 5.88 Å². The fraction of sp³-hybridized carbons (Fsp3) is 0.273. The third-order valence-electron chi connectivity index (χ3n) is 5.45. The zero-order chi connectivity index (χ0) is 23.2. The predicted molar refractivity (Wildman–Crippen MR) is 113 cm³/mol. The highest BCUT2D eigenvalue weighted by Crippen LogP contribution is 2.32. The number of benzene rings is 1. The summed E-state index contributed by atoms with van der Waals surface area (Å²) >= 11 is 0. The molecule has 1 aliphatic heterocycles. The van der Waals surface area contributed by atoms with E-state index in [0.717, 1.165) is 23.5 Å². The van der Waals surface area contributed by atoms with E-state index in [1.165, 1.54) is 19.2 Å². The summed E-state index contributed by atoms with van der Waals surface area (Å²) in [7, 11) is 1.54. The van der Waals surface area contributed by atoms with Crippen molar-refractivity contribution in [3.05, 3.63) is 71.6 Å². The SMILES string of the molecule is COc1nc(-c2nc3n(n2)CCNC3c2ccc(C(F)(F)F)cc2)ccc1-n1cnc(C)c1. The lowest BCUT2D eigenvalue weighted by atomic mass is 10.0. The molecule has 0 saturated heterocycles. The van der Waals surface area contributed by atoms with Gasteiger partial charge in [-0.2, -0.15) is 13.2 Å². The van der Waals surface area contributed by atoms with Crippen molar-refractivity contribution in [3.8, 4) is 23.1 Å². The van der Waals surface area contributed by atoms with Crippen LogP contribution < -0.4 is 10.1 Å². The van der Waals surface area contributed by atoms with E-state index in [4.69, 9.17) is 4.74 Å². The lowest BCUT2D eigenvalue weighted by molar-refractivity contribution is -0.137. The van der Waals surface area contributed by atoms with Crippen LogP contribution in [0.3, 0.4) is 0 Å². The molecule has 0 fully saturated rings. The van der Waals surface area contributed by atoms with Gasteiger partial charge in [0.25, 0.3) is 0 Å². The fourth-order valence-electron chi connectivity index (χ4n) is 3.84. The van der Waals surface area contributed by atoms with Crippen molar-refractivity contribution in [1.82, 2.24) is 34.6 Å². The summed E-state index contributed by atoms with van der Waals surface area (Å²) in [6, 6.07) is 8.37. The van der Waals surface area contributed by atoms with E-state index in [9.17, 15) is 13.2 Å². The average molecular weight is 455 g/mol. The molecule has 1 unspecified atom stereocenters. The highest BCUT2D eigenvalue weighted by Gasteiger charge is 2.31. The standard InChI is InChI=1S/C22H20F3N7O/c1-13-11-31(12-27-13)17-8-7-16(28-21(17)33-2)19-29-20-18(26-9-10-32(20)30-19)14-3-5-15(6-4-14)22(23,24)25/h3-8,11-12,18,26H,9-10H2,1-2H3. The van der Waals surface area contributed by atoms with E-state index < -0.39 is 11.7 Å². The van der Waals surface area contributed by atoms with Gasteiger partial charge in [-0.05, 0) is 36.8 Å². The minimum absolute atomic E-state index is 0.377. The Morgan fingerprint density at radius 2 is 1.88 bits per heavy atom. The molecule has 1 aromatic carbocycles. The number of ether oxygens (including phenoxy) is 1. The first-order valence-electron chi connectivity index (χ1n) is 10.2. The summed E-state index contributed by atoms with van der Waals surface area (Å²) < 4.78 is 47.8.